The first-order valence-electron chi connectivity index (χ1n) is 5.41. The van der Waals surface area contributed by atoms with Gasteiger partial charge in [0, 0.05) is 4.47 Å². The average Bonchev–Trinajstić information content (AvgIpc) is 2.42. The Bertz CT molecular complexity index is 737. The van der Waals surface area contributed by atoms with Gasteiger partial charge in [-0.2, -0.15) is 10.5 Å². The molecule has 0 atom stereocenters. The van der Waals surface area contributed by atoms with Gasteiger partial charge in [-0.25, -0.2) is 8.78 Å². The summed E-state index contributed by atoms with van der Waals surface area (Å²) in [6.45, 7) is 0. The number of nitrogens with zero attached hydrogens (tertiary/aromatic N) is 2. The molecule has 0 heterocycles. The summed E-state index contributed by atoms with van der Waals surface area (Å²) in [4.78, 5) is 0. The average molecular weight is 334 g/mol. The highest BCUT2D eigenvalue weighted by Crippen LogP contribution is 2.28. The van der Waals surface area contributed by atoms with E-state index < -0.39 is 17.3 Å². The Morgan fingerprint density at radius 2 is 1.65 bits per heavy atom. The highest BCUT2D eigenvalue weighted by molar-refractivity contribution is 9.10. The van der Waals surface area contributed by atoms with E-state index in [1.165, 1.54) is 12.1 Å². The van der Waals surface area contributed by atoms with Gasteiger partial charge in [-0.15, -0.1) is 0 Å². The van der Waals surface area contributed by atoms with Crippen LogP contribution >= 0.6 is 15.9 Å². The normalized spacial score (nSPS) is 9.65. The van der Waals surface area contributed by atoms with E-state index in [2.05, 4.69) is 21.2 Å². The Kier molecular flexibility index (Phi) is 3.97. The van der Waals surface area contributed by atoms with Gasteiger partial charge >= 0.3 is 0 Å². The maximum Gasteiger partial charge on any atom is 0.150 e. The molecule has 0 radical (unpaired) electrons. The van der Waals surface area contributed by atoms with Gasteiger partial charge in [0.25, 0.3) is 0 Å². The van der Waals surface area contributed by atoms with E-state index in [1.807, 2.05) is 6.07 Å². The zero-order chi connectivity index (χ0) is 14.7. The maximum absolute atomic E-state index is 13.8. The Hall–Kier alpha value is -2.44. The third kappa shape index (κ3) is 2.76. The van der Waals surface area contributed by atoms with E-state index >= 15 is 0 Å². The van der Waals surface area contributed by atoms with Crippen molar-refractivity contribution < 1.29 is 8.78 Å². The van der Waals surface area contributed by atoms with Gasteiger partial charge < -0.3 is 5.32 Å². The van der Waals surface area contributed by atoms with Gasteiger partial charge in [0.15, 0.2) is 11.6 Å². The molecule has 0 aliphatic rings. The van der Waals surface area contributed by atoms with Crippen molar-refractivity contribution in [3.8, 4) is 12.1 Å². The topological polar surface area (TPSA) is 59.6 Å². The molecule has 2 aromatic carbocycles. The molecule has 0 saturated carbocycles. The summed E-state index contributed by atoms with van der Waals surface area (Å²) in [6.07, 6.45) is 0. The van der Waals surface area contributed by atoms with Gasteiger partial charge in [-0.3, -0.25) is 0 Å². The van der Waals surface area contributed by atoms with Gasteiger partial charge in [-0.05, 0) is 30.3 Å². The largest absolute Gasteiger partial charge is 0.350 e. The summed E-state index contributed by atoms with van der Waals surface area (Å²) >= 11 is 3.22. The molecule has 0 aromatic heterocycles. The van der Waals surface area contributed by atoms with Crippen molar-refractivity contribution >= 4 is 27.3 Å². The van der Waals surface area contributed by atoms with E-state index in [1.54, 1.807) is 12.1 Å². The van der Waals surface area contributed by atoms with Crippen molar-refractivity contribution in [3.63, 3.8) is 0 Å². The monoisotopic (exact) mass is 333 g/mol. The number of hydrogen-bond acceptors (Lipinski definition) is 3. The summed E-state index contributed by atoms with van der Waals surface area (Å²) in [5, 5.41) is 20.1. The second-order valence-electron chi connectivity index (χ2n) is 3.85. The molecule has 0 aliphatic carbocycles. The van der Waals surface area contributed by atoms with E-state index in [0.29, 0.717) is 4.47 Å². The first-order valence-corrected chi connectivity index (χ1v) is 6.20. The van der Waals surface area contributed by atoms with Crippen molar-refractivity contribution in [1.29, 1.82) is 10.5 Å². The molecule has 20 heavy (non-hydrogen) atoms. The zero-order valence-corrected chi connectivity index (χ0v) is 11.5. The zero-order valence-electron chi connectivity index (χ0n) is 9.92. The number of nitriles is 2. The summed E-state index contributed by atoms with van der Waals surface area (Å²) in [5.41, 5.74) is -0.000332. The third-order valence-corrected chi connectivity index (χ3v) is 3.03. The van der Waals surface area contributed by atoms with Crippen LogP contribution in [0.4, 0.5) is 20.2 Å². The number of hydrogen-bond donors (Lipinski definition) is 1. The molecular formula is C14H6BrF2N3. The van der Waals surface area contributed by atoms with Crippen LogP contribution in [0.5, 0.6) is 0 Å². The number of rotatable bonds is 2. The summed E-state index contributed by atoms with van der Waals surface area (Å²) < 4.78 is 28.2. The number of halogens is 3. The summed E-state index contributed by atoms with van der Waals surface area (Å²) in [5.74, 6) is -1.80. The van der Waals surface area contributed by atoms with Crippen LogP contribution in [-0.4, -0.2) is 0 Å². The Morgan fingerprint density at radius 3 is 2.20 bits per heavy atom. The molecule has 0 amide bonds. The predicted octanol–water partition coefficient (Wildman–Crippen LogP) is 4.21. The lowest BCUT2D eigenvalue weighted by molar-refractivity contribution is 0.590. The van der Waals surface area contributed by atoms with Crippen molar-refractivity contribution in [2.24, 2.45) is 0 Å². The molecule has 0 fully saturated rings. The molecule has 0 aliphatic heterocycles. The van der Waals surface area contributed by atoms with E-state index in [0.717, 1.165) is 12.1 Å². The van der Waals surface area contributed by atoms with Crippen LogP contribution in [0, 0.1) is 34.3 Å². The van der Waals surface area contributed by atoms with Gasteiger partial charge in [-0.1, -0.05) is 15.9 Å². The van der Waals surface area contributed by atoms with Crippen molar-refractivity contribution in [2.75, 3.05) is 5.32 Å². The van der Waals surface area contributed by atoms with Crippen LogP contribution < -0.4 is 5.32 Å². The summed E-state index contributed by atoms with van der Waals surface area (Å²) in [7, 11) is 0. The molecule has 2 aromatic rings. The Labute approximate surface area is 122 Å². The molecule has 1 N–H and O–H groups in total. The summed E-state index contributed by atoms with van der Waals surface area (Å²) in [6, 6.07) is 10.1. The number of nitrogens with one attached hydrogen (secondary N) is 1. The van der Waals surface area contributed by atoms with Gasteiger partial charge in [0.1, 0.15) is 11.8 Å². The fraction of sp³-hybridized carbons (Fsp3) is 0. The highest BCUT2D eigenvalue weighted by atomic mass is 79.9. The standard InChI is InChI=1S/C14H6BrF2N3/c15-10-2-1-9(7-19)13(5-10)20-14-11(16)3-8(6-18)4-12(14)17/h1-5,20H. The van der Waals surface area contributed by atoms with Crippen molar-refractivity contribution in [3.05, 3.63) is 57.6 Å². The molecule has 6 heteroatoms. The SMILES string of the molecule is N#Cc1cc(F)c(Nc2cc(Br)ccc2C#N)c(F)c1. The molecule has 0 unspecified atom stereocenters. The van der Waals surface area contributed by atoms with E-state index in [9.17, 15) is 8.78 Å². The molecule has 2 rings (SSSR count). The van der Waals surface area contributed by atoms with Crippen LogP contribution in [0.2, 0.25) is 0 Å². The molecule has 3 nitrogen and oxygen atoms in total. The van der Waals surface area contributed by atoms with Crippen molar-refractivity contribution in [2.45, 2.75) is 0 Å². The van der Waals surface area contributed by atoms with Crippen LogP contribution in [0.3, 0.4) is 0 Å². The smallest absolute Gasteiger partial charge is 0.150 e. The quantitative estimate of drug-likeness (QED) is 0.895. The molecule has 0 saturated heterocycles. The molecule has 0 spiro atoms. The molecule has 98 valence electrons. The van der Waals surface area contributed by atoms with Crippen LogP contribution in [0.25, 0.3) is 0 Å². The van der Waals surface area contributed by atoms with E-state index in [-0.39, 0.29) is 16.8 Å². The minimum Gasteiger partial charge on any atom is -0.350 e. The van der Waals surface area contributed by atoms with E-state index in [4.69, 9.17) is 10.5 Å². The Balaban J connectivity index is 2.49. The number of benzene rings is 2. The predicted molar refractivity (Wildman–Crippen MR) is 73.2 cm³/mol. The molecular weight excluding hydrogens is 328 g/mol. The van der Waals surface area contributed by atoms with Crippen molar-refractivity contribution in [1.82, 2.24) is 0 Å². The Morgan fingerprint density at radius 1 is 1.00 bits per heavy atom. The minimum atomic E-state index is -0.898. The first kappa shape index (κ1) is 14.0. The lowest BCUT2D eigenvalue weighted by Gasteiger charge is -2.11. The lowest BCUT2D eigenvalue weighted by atomic mass is 10.1. The van der Waals surface area contributed by atoms with Gasteiger partial charge in [0.05, 0.1) is 22.9 Å². The van der Waals surface area contributed by atoms with Gasteiger partial charge in [0.2, 0.25) is 0 Å². The van der Waals surface area contributed by atoms with Crippen LogP contribution in [0.15, 0.2) is 34.8 Å². The lowest BCUT2D eigenvalue weighted by Crippen LogP contribution is -2.00. The number of anilines is 2. The molecule has 0 bridgehead atoms. The fourth-order valence-corrected chi connectivity index (χ4v) is 1.97. The second kappa shape index (κ2) is 5.68. The minimum absolute atomic E-state index is 0.111. The fourth-order valence-electron chi connectivity index (χ4n) is 1.61. The highest BCUT2D eigenvalue weighted by Gasteiger charge is 2.13. The van der Waals surface area contributed by atoms with Crippen LogP contribution in [0.1, 0.15) is 11.1 Å². The maximum atomic E-state index is 13.8. The third-order valence-electron chi connectivity index (χ3n) is 2.53. The van der Waals surface area contributed by atoms with Crippen LogP contribution in [-0.2, 0) is 0 Å². The second-order valence-corrected chi connectivity index (χ2v) is 4.77. The first-order chi connectivity index (χ1) is 9.55.